The van der Waals surface area contributed by atoms with Crippen molar-refractivity contribution in [2.24, 2.45) is 0 Å². The lowest BCUT2D eigenvalue weighted by molar-refractivity contribution is 0.842. The highest BCUT2D eigenvalue weighted by Gasteiger charge is 2.63. The highest BCUT2D eigenvalue weighted by molar-refractivity contribution is 7.44. The molecule has 0 nitrogen and oxygen atoms in total. The van der Waals surface area contributed by atoms with Gasteiger partial charge in [0, 0.05) is 5.04 Å². The van der Waals surface area contributed by atoms with Crippen molar-refractivity contribution in [1.29, 1.82) is 0 Å². The van der Waals surface area contributed by atoms with E-state index < -0.39 is 15.2 Å². The van der Waals surface area contributed by atoms with Crippen LogP contribution in [-0.2, 0) is 5.04 Å². The number of rotatable bonds is 3. The van der Waals surface area contributed by atoms with Crippen LogP contribution in [0.25, 0.3) is 0 Å². The van der Waals surface area contributed by atoms with Gasteiger partial charge in [-0.3, -0.25) is 0 Å². The Balaban J connectivity index is 2.30. The SMILES string of the molecule is CC[Si]1(CC)C2(c3ccccc3)C=CC(C=C2)[Si]1(C)C. The van der Waals surface area contributed by atoms with Crippen LogP contribution in [0.2, 0.25) is 30.7 Å². The van der Waals surface area contributed by atoms with Gasteiger partial charge in [0.15, 0.2) is 0 Å². The number of hydrogen-bond acceptors (Lipinski definition) is 0. The first-order chi connectivity index (χ1) is 9.54. The standard InChI is InChI=1S/C18H26Si2/c1-5-20(6-2)18(16-10-8-7-9-11-16)14-12-17(13-15-18)19(20,3)4/h7-15,17H,5-6H2,1-4H3. The van der Waals surface area contributed by atoms with Crippen LogP contribution < -0.4 is 0 Å². The van der Waals surface area contributed by atoms with Gasteiger partial charge in [0.25, 0.3) is 0 Å². The van der Waals surface area contributed by atoms with Crippen molar-refractivity contribution in [1.82, 2.24) is 0 Å². The maximum absolute atomic E-state index is 2.67. The summed E-state index contributed by atoms with van der Waals surface area (Å²) in [5, 5.41) is 0.266. The third kappa shape index (κ3) is 1.47. The van der Waals surface area contributed by atoms with Gasteiger partial charge in [0.05, 0.1) is 15.2 Å². The van der Waals surface area contributed by atoms with Crippen molar-refractivity contribution >= 4 is 15.2 Å². The fraction of sp³-hybridized carbons (Fsp3) is 0.444. The highest BCUT2D eigenvalue weighted by atomic mass is 29.3. The van der Waals surface area contributed by atoms with Gasteiger partial charge in [-0.25, -0.2) is 0 Å². The van der Waals surface area contributed by atoms with Crippen molar-refractivity contribution in [3.63, 3.8) is 0 Å². The van der Waals surface area contributed by atoms with E-state index in [4.69, 9.17) is 0 Å². The van der Waals surface area contributed by atoms with Crippen molar-refractivity contribution in [2.75, 3.05) is 0 Å². The molecule has 3 aliphatic rings. The summed E-state index contributed by atoms with van der Waals surface area (Å²) in [5.74, 6) is 0. The molecule has 0 radical (unpaired) electrons. The van der Waals surface area contributed by atoms with Gasteiger partial charge >= 0.3 is 0 Å². The Labute approximate surface area is 125 Å². The summed E-state index contributed by atoms with van der Waals surface area (Å²) < 4.78 is 0. The second-order valence-electron chi connectivity index (χ2n) is 6.99. The van der Waals surface area contributed by atoms with Gasteiger partial charge in [-0.2, -0.15) is 0 Å². The van der Waals surface area contributed by atoms with Gasteiger partial charge in [-0.1, -0.05) is 93.7 Å². The van der Waals surface area contributed by atoms with E-state index in [0.29, 0.717) is 0 Å². The largest absolute Gasteiger partial charge is 0.0837 e. The lowest BCUT2D eigenvalue weighted by Crippen LogP contribution is -2.74. The Morgan fingerprint density at radius 2 is 1.50 bits per heavy atom. The van der Waals surface area contributed by atoms with Crippen LogP contribution >= 0.6 is 0 Å². The number of fused-ring (bicyclic) bond motifs is 1. The maximum Gasteiger partial charge on any atom is 0.0687 e. The average molecular weight is 299 g/mol. The highest BCUT2D eigenvalue weighted by Crippen LogP contribution is 2.57. The van der Waals surface area contributed by atoms with Crippen molar-refractivity contribution in [3.05, 3.63) is 60.2 Å². The molecule has 1 aliphatic carbocycles. The Morgan fingerprint density at radius 3 is 2.00 bits per heavy atom. The molecule has 0 spiro atoms. The molecular formula is C18H26Si2. The van der Waals surface area contributed by atoms with Crippen molar-refractivity contribution < 1.29 is 0 Å². The summed E-state index contributed by atoms with van der Waals surface area (Å²) in [6, 6.07) is 14.1. The van der Waals surface area contributed by atoms with Crippen LogP contribution in [0, 0.1) is 0 Å². The van der Waals surface area contributed by atoms with Crippen LogP contribution in [0.3, 0.4) is 0 Å². The molecule has 20 heavy (non-hydrogen) atoms. The lowest BCUT2D eigenvalue weighted by atomic mass is 9.93. The van der Waals surface area contributed by atoms with E-state index in [2.05, 4.69) is 81.6 Å². The third-order valence-electron chi connectivity index (χ3n) is 6.45. The lowest BCUT2D eigenvalue weighted by Gasteiger charge is -2.61. The molecule has 2 bridgehead atoms. The molecule has 0 unspecified atom stereocenters. The number of allylic oxidation sites excluding steroid dienone is 4. The molecule has 2 heteroatoms. The zero-order valence-corrected chi connectivity index (χ0v) is 15.2. The summed E-state index contributed by atoms with van der Waals surface area (Å²) in [4.78, 5) is 0. The predicted molar refractivity (Wildman–Crippen MR) is 94.3 cm³/mol. The molecule has 1 aromatic carbocycles. The zero-order chi connectivity index (χ0) is 14.4. The molecule has 0 saturated carbocycles. The van der Waals surface area contributed by atoms with Crippen LogP contribution in [0.1, 0.15) is 19.4 Å². The molecule has 0 N–H and O–H groups in total. The Hall–Kier alpha value is -0.866. The molecule has 2 aliphatic heterocycles. The fourth-order valence-corrected chi connectivity index (χ4v) is 25.2. The fourth-order valence-electron chi connectivity index (χ4n) is 5.21. The molecule has 0 aromatic heterocycles. The summed E-state index contributed by atoms with van der Waals surface area (Å²) in [6.45, 7) is 10.3. The van der Waals surface area contributed by atoms with E-state index in [1.54, 1.807) is 5.56 Å². The Bertz CT molecular complexity index is 536. The van der Waals surface area contributed by atoms with E-state index in [1.807, 2.05) is 0 Å². The Morgan fingerprint density at radius 1 is 0.950 bits per heavy atom. The molecule has 1 aromatic rings. The van der Waals surface area contributed by atoms with Gasteiger partial charge in [0.1, 0.15) is 0 Å². The molecule has 2 heterocycles. The molecule has 0 fully saturated rings. The number of hydrogen-bond donors (Lipinski definition) is 0. The van der Waals surface area contributed by atoms with E-state index in [9.17, 15) is 0 Å². The van der Waals surface area contributed by atoms with E-state index in [1.165, 1.54) is 12.1 Å². The summed E-state index contributed by atoms with van der Waals surface area (Å²) in [5.41, 5.74) is 2.32. The van der Waals surface area contributed by atoms with Crippen LogP contribution in [0.4, 0.5) is 0 Å². The normalized spacial score (nSPS) is 32.5. The minimum absolute atomic E-state index is 0.266. The molecule has 106 valence electrons. The Kier molecular flexibility index (Phi) is 3.22. The van der Waals surface area contributed by atoms with E-state index in [-0.39, 0.29) is 5.04 Å². The van der Waals surface area contributed by atoms with Crippen molar-refractivity contribution in [2.45, 2.75) is 49.6 Å². The molecule has 4 rings (SSSR count). The first-order valence-electron chi connectivity index (χ1n) is 7.98. The van der Waals surface area contributed by atoms with Gasteiger partial charge in [-0.05, 0) is 11.1 Å². The zero-order valence-electron chi connectivity index (χ0n) is 13.2. The van der Waals surface area contributed by atoms with Crippen LogP contribution in [0.5, 0.6) is 0 Å². The second-order valence-corrected chi connectivity index (χ2v) is 22.2. The first kappa shape index (κ1) is 14.1. The minimum atomic E-state index is -1.36. The molecule has 0 atom stereocenters. The van der Waals surface area contributed by atoms with Crippen LogP contribution in [0.15, 0.2) is 54.6 Å². The van der Waals surface area contributed by atoms with E-state index >= 15 is 0 Å². The third-order valence-corrected chi connectivity index (χ3v) is 27.4. The summed E-state index contributed by atoms with van der Waals surface area (Å²) in [6.07, 6.45) is 10.3. The monoisotopic (exact) mass is 298 g/mol. The second kappa shape index (κ2) is 4.57. The van der Waals surface area contributed by atoms with Gasteiger partial charge in [-0.15, -0.1) is 0 Å². The molecule has 0 amide bonds. The maximum atomic E-state index is 2.67. The van der Waals surface area contributed by atoms with Crippen LogP contribution in [-0.4, -0.2) is 15.2 Å². The van der Waals surface area contributed by atoms with E-state index in [0.717, 1.165) is 5.54 Å². The minimum Gasteiger partial charge on any atom is -0.0837 e. The van der Waals surface area contributed by atoms with Crippen molar-refractivity contribution in [3.8, 4) is 0 Å². The topological polar surface area (TPSA) is 0 Å². The summed E-state index contributed by atoms with van der Waals surface area (Å²) in [7, 11) is -2.60. The molecular weight excluding hydrogens is 272 g/mol. The molecule has 0 saturated heterocycles. The summed E-state index contributed by atoms with van der Waals surface area (Å²) >= 11 is 0. The first-order valence-corrected chi connectivity index (χ1v) is 14.5. The number of benzene rings is 1. The average Bonchev–Trinajstić information content (AvgIpc) is 2.49. The quantitative estimate of drug-likeness (QED) is 0.528. The van der Waals surface area contributed by atoms with Gasteiger partial charge in [0.2, 0.25) is 0 Å². The smallest absolute Gasteiger partial charge is 0.0687 e. The predicted octanol–water partition coefficient (Wildman–Crippen LogP) is 5.25. The van der Waals surface area contributed by atoms with Gasteiger partial charge < -0.3 is 0 Å².